The van der Waals surface area contributed by atoms with Gasteiger partial charge in [0.15, 0.2) is 0 Å². The van der Waals surface area contributed by atoms with Gasteiger partial charge in [-0.1, -0.05) is 30.2 Å². The van der Waals surface area contributed by atoms with E-state index in [1.807, 2.05) is 19.1 Å². The van der Waals surface area contributed by atoms with E-state index in [0.29, 0.717) is 5.02 Å². The highest BCUT2D eigenvalue weighted by Crippen LogP contribution is 2.24. The van der Waals surface area contributed by atoms with Crippen LogP contribution in [0.5, 0.6) is 0 Å². The Bertz CT molecular complexity index is 554. The van der Waals surface area contributed by atoms with Gasteiger partial charge >= 0.3 is 0 Å². The normalized spacial score (nSPS) is 21.4. The van der Waals surface area contributed by atoms with Gasteiger partial charge in [-0.15, -0.1) is 0 Å². The van der Waals surface area contributed by atoms with Gasteiger partial charge in [-0.25, -0.2) is 8.42 Å². The maximum Gasteiger partial charge on any atom is 0.215 e. The van der Waals surface area contributed by atoms with Crippen LogP contribution in [0.15, 0.2) is 24.3 Å². The molecule has 2 atom stereocenters. The molecule has 1 fully saturated rings. The average Bonchev–Trinajstić information content (AvgIpc) is 2.47. The van der Waals surface area contributed by atoms with E-state index < -0.39 is 10.0 Å². The zero-order valence-corrected chi connectivity index (χ0v) is 14.1. The first kappa shape index (κ1) is 16.7. The second-order valence-corrected chi connectivity index (χ2v) is 8.18. The van der Waals surface area contributed by atoms with E-state index in [9.17, 15) is 8.42 Å². The van der Waals surface area contributed by atoms with Gasteiger partial charge in [-0.2, -0.15) is 4.31 Å². The first-order valence-electron chi connectivity index (χ1n) is 7.35. The number of benzene rings is 1. The van der Waals surface area contributed by atoms with Crippen LogP contribution in [-0.4, -0.2) is 38.1 Å². The van der Waals surface area contributed by atoms with Crippen LogP contribution in [0.3, 0.4) is 0 Å². The highest BCUT2D eigenvalue weighted by atomic mass is 35.5. The molecule has 1 saturated heterocycles. The first-order chi connectivity index (χ1) is 9.90. The van der Waals surface area contributed by atoms with E-state index in [0.717, 1.165) is 31.4 Å². The summed E-state index contributed by atoms with van der Waals surface area (Å²) in [4.78, 5) is 0. The number of nitrogens with zero attached hydrogens (tertiary/aromatic N) is 1. The largest absolute Gasteiger partial charge is 0.313 e. The van der Waals surface area contributed by atoms with E-state index in [2.05, 4.69) is 5.32 Å². The summed E-state index contributed by atoms with van der Waals surface area (Å²) in [6.07, 6.45) is 3.17. The summed E-state index contributed by atoms with van der Waals surface area (Å²) in [6, 6.07) is 7.20. The molecule has 1 aliphatic heterocycles. The number of rotatable bonds is 5. The second-order valence-electron chi connectivity index (χ2n) is 5.67. The Morgan fingerprint density at radius 2 is 2.00 bits per heavy atom. The second kappa shape index (κ2) is 7.09. The summed E-state index contributed by atoms with van der Waals surface area (Å²) in [7, 11) is -1.63. The Balaban J connectivity index is 2.05. The zero-order valence-electron chi connectivity index (χ0n) is 12.5. The lowest BCUT2D eigenvalue weighted by Crippen LogP contribution is -2.43. The van der Waals surface area contributed by atoms with Crippen molar-refractivity contribution in [1.82, 2.24) is 9.62 Å². The molecule has 4 nitrogen and oxygen atoms in total. The topological polar surface area (TPSA) is 49.4 Å². The minimum Gasteiger partial charge on any atom is -0.313 e. The zero-order chi connectivity index (χ0) is 15.5. The maximum absolute atomic E-state index is 12.5. The van der Waals surface area contributed by atoms with E-state index in [4.69, 9.17) is 11.6 Å². The predicted molar refractivity (Wildman–Crippen MR) is 87.1 cm³/mol. The Labute approximate surface area is 132 Å². The van der Waals surface area contributed by atoms with E-state index in [1.165, 1.54) is 4.31 Å². The van der Waals surface area contributed by atoms with Gasteiger partial charge in [-0.05, 0) is 44.0 Å². The molecule has 1 heterocycles. The van der Waals surface area contributed by atoms with Crippen LogP contribution >= 0.6 is 11.6 Å². The van der Waals surface area contributed by atoms with Crippen molar-refractivity contribution in [3.8, 4) is 0 Å². The van der Waals surface area contributed by atoms with Gasteiger partial charge in [0.25, 0.3) is 0 Å². The predicted octanol–water partition coefficient (Wildman–Crippen LogP) is 2.80. The molecule has 0 bridgehead atoms. The van der Waals surface area contributed by atoms with Crippen molar-refractivity contribution in [1.29, 1.82) is 0 Å². The Kier molecular flexibility index (Phi) is 5.66. The molecular formula is C15H23ClN2O2S. The number of sulfonamides is 1. The van der Waals surface area contributed by atoms with Gasteiger partial charge in [0.2, 0.25) is 10.0 Å². The molecule has 0 radical (unpaired) electrons. The molecule has 6 heteroatoms. The standard InChI is InChI=1S/C15H23ClN2O2S/c1-12(13-6-8-14(16)9-7-13)18(2)21(19,20)11-15-5-3-4-10-17-15/h6-9,12,15,17H,3-5,10-11H2,1-2H3. The van der Waals surface area contributed by atoms with Crippen LogP contribution in [0.1, 0.15) is 37.8 Å². The molecule has 21 heavy (non-hydrogen) atoms. The van der Waals surface area contributed by atoms with Gasteiger partial charge in [0.05, 0.1) is 5.75 Å². The Morgan fingerprint density at radius 3 is 2.57 bits per heavy atom. The molecule has 0 aliphatic carbocycles. The molecule has 1 aliphatic rings. The molecule has 1 aromatic rings. The number of nitrogens with one attached hydrogen (secondary N) is 1. The molecule has 0 spiro atoms. The minimum atomic E-state index is -3.28. The quantitative estimate of drug-likeness (QED) is 0.903. The molecule has 0 aromatic heterocycles. The van der Waals surface area contributed by atoms with Crippen LogP contribution in [0.4, 0.5) is 0 Å². The average molecular weight is 331 g/mol. The van der Waals surface area contributed by atoms with Crippen LogP contribution in [0, 0.1) is 0 Å². The van der Waals surface area contributed by atoms with Crippen molar-refractivity contribution in [2.75, 3.05) is 19.3 Å². The lowest BCUT2D eigenvalue weighted by molar-refractivity contribution is 0.380. The number of halogens is 1. The summed E-state index contributed by atoms with van der Waals surface area (Å²) >= 11 is 5.87. The summed E-state index contributed by atoms with van der Waals surface area (Å²) in [5, 5.41) is 3.95. The molecule has 2 unspecified atom stereocenters. The Morgan fingerprint density at radius 1 is 1.33 bits per heavy atom. The fourth-order valence-electron chi connectivity index (χ4n) is 2.63. The van der Waals surface area contributed by atoms with E-state index >= 15 is 0 Å². The third-order valence-electron chi connectivity index (χ3n) is 4.16. The highest BCUT2D eigenvalue weighted by molar-refractivity contribution is 7.89. The third-order valence-corrected chi connectivity index (χ3v) is 6.43. The fraction of sp³-hybridized carbons (Fsp3) is 0.600. The number of hydrogen-bond donors (Lipinski definition) is 1. The molecule has 1 N–H and O–H groups in total. The van der Waals surface area contributed by atoms with Crippen molar-refractivity contribution < 1.29 is 8.42 Å². The van der Waals surface area contributed by atoms with Crippen molar-refractivity contribution >= 4 is 21.6 Å². The summed E-state index contributed by atoms with van der Waals surface area (Å²) in [6.45, 7) is 2.81. The SMILES string of the molecule is CC(c1ccc(Cl)cc1)N(C)S(=O)(=O)CC1CCCCN1. The molecule has 118 valence electrons. The van der Waals surface area contributed by atoms with Gasteiger partial charge in [0.1, 0.15) is 0 Å². The van der Waals surface area contributed by atoms with Crippen LogP contribution < -0.4 is 5.32 Å². The van der Waals surface area contributed by atoms with Crippen LogP contribution in [-0.2, 0) is 10.0 Å². The van der Waals surface area contributed by atoms with Gasteiger partial charge in [-0.3, -0.25) is 0 Å². The highest BCUT2D eigenvalue weighted by Gasteiger charge is 2.28. The smallest absolute Gasteiger partial charge is 0.215 e. The van der Waals surface area contributed by atoms with Crippen LogP contribution in [0.2, 0.25) is 5.02 Å². The van der Waals surface area contributed by atoms with Crippen molar-refractivity contribution in [2.45, 2.75) is 38.3 Å². The van der Waals surface area contributed by atoms with Crippen LogP contribution in [0.25, 0.3) is 0 Å². The van der Waals surface area contributed by atoms with Gasteiger partial charge < -0.3 is 5.32 Å². The molecular weight excluding hydrogens is 308 g/mol. The molecule has 0 amide bonds. The lowest BCUT2D eigenvalue weighted by Gasteiger charge is -2.29. The fourth-order valence-corrected chi connectivity index (χ4v) is 4.39. The van der Waals surface area contributed by atoms with Gasteiger partial charge in [0, 0.05) is 24.2 Å². The maximum atomic E-state index is 12.5. The number of piperidine rings is 1. The molecule has 1 aromatic carbocycles. The first-order valence-corrected chi connectivity index (χ1v) is 9.33. The summed E-state index contributed by atoms with van der Waals surface area (Å²) < 4.78 is 26.5. The van der Waals surface area contributed by atoms with Crippen molar-refractivity contribution in [3.05, 3.63) is 34.9 Å². The molecule has 2 rings (SSSR count). The third kappa shape index (κ3) is 4.42. The summed E-state index contributed by atoms with van der Waals surface area (Å²) in [5.74, 6) is 0.168. The Hall–Kier alpha value is -0.620. The van der Waals surface area contributed by atoms with Crippen molar-refractivity contribution in [2.24, 2.45) is 0 Å². The monoisotopic (exact) mass is 330 g/mol. The lowest BCUT2D eigenvalue weighted by atomic mass is 10.1. The van der Waals surface area contributed by atoms with E-state index in [1.54, 1.807) is 19.2 Å². The van der Waals surface area contributed by atoms with E-state index in [-0.39, 0.29) is 17.8 Å². The van der Waals surface area contributed by atoms with Crippen molar-refractivity contribution in [3.63, 3.8) is 0 Å². The minimum absolute atomic E-state index is 0.0728. The number of hydrogen-bond acceptors (Lipinski definition) is 3. The molecule has 0 saturated carbocycles. The summed E-state index contributed by atoms with van der Waals surface area (Å²) in [5.41, 5.74) is 0.946.